The molecule has 0 N–H and O–H groups in total. The Morgan fingerprint density at radius 2 is 1.08 bits per heavy atom. The molecule has 0 atom stereocenters. The molecular formula is C17H13F7S2. The highest BCUT2D eigenvalue weighted by molar-refractivity contribution is 8.02. The second-order valence-electron chi connectivity index (χ2n) is 5.37. The monoisotopic (exact) mass is 414 g/mol. The second-order valence-corrected chi connectivity index (χ2v) is 7.46. The summed E-state index contributed by atoms with van der Waals surface area (Å²) in [5, 5.41) is 0. The molecule has 2 aromatic rings. The molecular weight excluding hydrogens is 401 g/mol. The summed E-state index contributed by atoms with van der Waals surface area (Å²) in [5.74, 6) is -11.3. The van der Waals surface area contributed by atoms with E-state index in [4.69, 9.17) is 0 Å². The van der Waals surface area contributed by atoms with E-state index in [1.54, 1.807) is 6.26 Å². The van der Waals surface area contributed by atoms with Gasteiger partial charge in [-0.25, -0.2) is 30.7 Å². The highest BCUT2D eigenvalue weighted by Crippen LogP contribution is 2.40. The Kier molecular flexibility index (Phi) is 6.55. The first-order chi connectivity index (χ1) is 12.1. The predicted octanol–water partition coefficient (Wildman–Crippen LogP) is 6.40. The van der Waals surface area contributed by atoms with E-state index < -0.39 is 67.9 Å². The summed E-state index contributed by atoms with van der Waals surface area (Å²) >= 11 is 1.92. The van der Waals surface area contributed by atoms with Crippen LogP contribution in [0.1, 0.15) is 11.1 Å². The average molecular weight is 414 g/mol. The van der Waals surface area contributed by atoms with E-state index in [-0.39, 0.29) is 5.75 Å². The lowest BCUT2D eigenvalue weighted by Gasteiger charge is -2.16. The highest BCUT2D eigenvalue weighted by atomic mass is 32.2. The molecule has 2 aromatic carbocycles. The van der Waals surface area contributed by atoms with Crippen molar-refractivity contribution in [2.24, 2.45) is 0 Å². The molecule has 0 aromatic heterocycles. The van der Waals surface area contributed by atoms with Gasteiger partial charge in [-0.2, -0.15) is 11.8 Å². The molecule has 0 aliphatic rings. The van der Waals surface area contributed by atoms with Crippen molar-refractivity contribution in [1.82, 2.24) is 0 Å². The van der Waals surface area contributed by atoms with Gasteiger partial charge < -0.3 is 0 Å². The smallest absolute Gasteiger partial charge is 0.176 e. The molecule has 0 spiro atoms. The standard InChI is InChI=1S/C17H13F7S2/c1-6-8(12(20)11(19)7(2)10(6)18)9-13(21)15(23)17(16(24)14(9)22)26-5-4-25-3/h4-5H2,1-3H3. The van der Waals surface area contributed by atoms with Gasteiger partial charge in [-0.3, -0.25) is 0 Å². The zero-order chi connectivity index (χ0) is 19.8. The number of hydrogen-bond acceptors (Lipinski definition) is 2. The first-order valence-electron chi connectivity index (χ1n) is 7.26. The lowest BCUT2D eigenvalue weighted by molar-refractivity contribution is 0.427. The fourth-order valence-corrected chi connectivity index (χ4v) is 4.05. The van der Waals surface area contributed by atoms with Gasteiger partial charge in [0.05, 0.1) is 10.5 Å². The third-order valence-corrected chi connectivity index (χ3v) is 5.71. The van der Waals surface area contributed by atoms with E-state index in [1.807, 2.05) is 0 Å². The SMILES string of the molecule is CSCCSc1c(F)c(F)c(-c2c(C)c(F)c(C)c(F)c2F)c(F)c1F. The Hall–Kier alpha value is -1.35. The zero-order valence-corrected chi connectivity index (χ0v) is 15.5. The number of halogens is 7. The van der Waals surface area contributed by atoms with Crippen LogP contribution in [0, 0.1) is 54.6 Å². The van der Waals surface area contributed by atoms with Crippen LogP contribution in [0.5, 0.6) is 0 Å². The van der Waals surface area contributed by atoms with E-state index in [9.17, 15) is 30.7 Å². The molecule has 0 amide bonds. The van der Waals surface area contributed by atoms with Crippen LogP contribution in [-0.2, 0) is 0 Å². The molecule has 0 saturated carbocycles. The maximum absolute atomic E-state index is 14.4. The summed E-state index contributed by atoms with van der Waals surface area (Å²) in [5.41, 5.74) is -4.00. The summed E-state index contributed by atoms with van der Waals surface area (Å²) in [4.78, 5) is -0.899. The summed E-state index contributed by atoms with van der Waals surface area (Å²) in [6, 6.07) is 0. The molecule has 142 valence electrons. The summed E-state index contributed by atoms with van der Waals surface area (Å²) in [6.45, 7) is 1.87. The summed E-state index contributed by atoms with van der Waals surface area (Å²) in [6.07, 6.45) is 1.74. The van der Waals surface area contributed by atoms with E-state index in [0.29, 0.717) is 17.5 Å². The lowest BCUT2D eigenvalue weighted by atomic mass is 9.95. The Labute approximate surface area is 154 Å². The molecule has 0 fully saturated rings. The summed E-state index contributed by atoms with van der Waals surface area (Å²) in [7, 11) is 0. The number of rotatable bonds is 5. The second kappa shape index (κ2) is 8.12. The molecule has 0 heterocycles. The minimum Gasteiger partial charge on any atom is -0.206 e. The fourth-order valence-electron chi connectivity index (χ4n) is 2.41. The van der Waals surface area contributed by atoms with Crippen LogP contribution >= 0.6 is 23.5 Å². The Bertz CT molecular complexity index is 807. The number of hydrogen-bond donors (Lipinski definition) is 0. The van der Waals surface area contributed by atoms with Gasteiger partial charge in [-0.1, -0.05) is 0 Å². The Morgan fingerprint density at radius 1 is 0.577 bits per heavy atom. The van der Waals surface area contributed by atoms with Gasteiger partial charge in [-0.15, -0.1) is 11.8 Å². The van der Waals surface area contributed by atoms with Crippen LogP contribution in [0.25, 0.3) is 11.1 Å². The molecule has 0 saturated heterocycles. The molecule has 9 heteroatoms. The van der Waals surface area contributed by atoms with Crippen LogP contribution in [0.3, 0.4) is 0 Å². The zero-order valence-electron chi connectivity index (χ0n) is 13.9. The van der Waals surface area contributed by atoms with Crippen molar-refractivity contribution in [3.63, 3.8) is 0 Å². The van der Waals surface area contributed by atoms with Gasteiger partial charge in [0.2, 0.25) is 0 Å². The van der Waals surface area contributed by atoms with Gasteiger partial charge >= 0.3 is 0 Å². The van der Waals surface area contributed by atoms with Crippen LogP contribution in [0.15, 0.2) is 4.90 Å². The van der Waals surface area contributed by atoms with Gasteiger partial charge in [-0.05, 0) is 25.7 Å². The van der Waals surface area contributed by atoms with Gasteiger partial charge in [0.15, 0.2) is 34.9 Å². The molecule has 0 aliphatic heterocycles. The third-order valence-electron chi connectivity index (χ3n) is 3.78. The molecule has 26 heavy (non-hydrogen) atoms. The lowest BCUT2D eigenvalue weighted by Crippen LogP contribution is -2.08. The molecule has 0 nitrogen and oxygen atoms in total. The number of thioether (sulfide) groups is 2. The van der Waals surface area contributed by atoms with E-state index in [2.05, 4.69) is 0 Å². The number of benzene rings is 2. The normalized spacial score (nSPS) is 11.3. The molecule has 0 aliphatic carbocycles. The summed E-state index contributed by atoms with van der Waals surface area (Å²) < 4.78 is 99.4. The maximum atomic E-state index is 14.4. The van der Waals surface area contributed by atoms with Gasteiger partial charge in [0, 0.05) is 22.6 Å². The van der Waals surface area contributed by atoms with E-state index in [1.165, 1.54) is 11.8 Å². The van der Waals surface area contributed by atoms with Crippen molar-refractivity contribution < 1.29 is 30.7 Å². The van der Waals surface area contributed by atoms with Crippen LogP contribution < -0.4 is 0 Å². The van der Waals surface area contributed by atoms with Crippen LogP contribution in [0.4, 0.5) is 30.7 Å². The van der Waals surface area contributed by atoms with Crippen LogP contribution in [-0.4, -0.2) is 17.8 Å². The predicted molar refractivity (Wildman–Crippen MR) is 90.2 cm³/mol. The van der Waals surface area contributed by atoms with Crippen LogP contribution in [0.2, 0.25) is 0 Å². The quantitative estimate of drug-likeness (QED) is 0.240. The molecule has 2 rings (SSSR count). The minimum absolute atomic E-state index is 0.175. The first kappa shape index (κ1) is 21.0. The van der Waals surface area contributed by atoms with Crippen molar-refractivity contribution in [2.75, 3.05) is 17.8 Å². The third kappa shape index (κ3) is 3.43. The van der Waals surface area contributed by atoms with Crippen molar-refractivity contribution in [3.8, 4) is 11.1 Å². The average Bonchev–Trinajstić information content (AvgIpc) is 2.62. The van der Waals surface area contributed by atoms with Crippen molar-refractivity contribution in [1.29, 1.82) is 0 Å². The largest absolute Gasteiger partial charge is 0.206 e. The first-order valence-corrected chi connectivity index (χ1v) is 9.64. The Balaban J connectivity index is 2.78. The minimum atomic E-state index is -1.90. The molecule has 0 unspecified atom stereocenters. The maximum Gasteiger partial charge on any atom is 0.176 e. The van der Waals surface area contributed by atoms with Gasteiger partial charge in [0.25, 0.3) is 0 Å². The molecule has 0 radical (unpaired) electrons. The molecule has 0 bridgehead atoms. The topological polar surface area (TPSA) is 0 Å². The van der Waals surface area contributed by atoms with Crippen molar-refractivity contribution in [2.45, 2.75) is 18.7 Å². The van der Waals surface area contributed by atoms with Crippen molar-refractivity contribution in [3.05, 3.63) is 51.8 Å². The fraction of sp³-hybridized carbons (Fsp3) is 0.294. The van der Waals surface area contributed by atoms with E-state index in [0.717, 1.165) is 13.8 Å². The van der Waals surface area contributed by atoms with Crippen molar-refractivity contribution >= 4 is 23.5 Å². The van der Waals surface area contributed by atoms with Gasteiger partial charge in [0.1, 0.15) is 5.82 Å². The van der Waals surface area contributed by atoms with E-state index >= 15 is 0 Å². The highest BCUT2D eigenvalue weighted by Gasteiger charge is 2.31. The Morgan fingerprint density at radius 3 is 1.58 bits per heavy atom.